The number of carbonyl (C=O) groups is 3. The van der Waals surface area contributed by atoms with Crippen LogP contribution in [0.3, 0.4) is 0 Å². The second kappa shape index (κ2) is 10.6. The molecule has 1 aromatic carbocycles. The van der Waals surface area contributed by atoms with Gasteiger partial charge in [-0.2, -0.15) is 4.99 Å². The highest BCUT2D eigenvalue weighted by Crippen LogP contribution is 2.22. The molecule has 0 spiro atoms. The van der Waals surface area contributed by atoms with Crippen LogP contribution < -0.4 is 10.1 Å². The molecule has 2 aromatic rings. The van der Waals surface area contributed by atoms with Crippen molar-refractivity contribution in [2.75, 3.05) is 18.6 Å². The van der Waals surface area contributed by atoms with Gasteiger partial charge in [0.1, 0.15) is 18.1 Å². The molecule has 1 fully saturated rings. The molecule has 0 atom stereocenters. The van der Waals surface area contributed by atoms with Crippen LogP contribution in [0.5, 0.6) is 0 Å². The molecule has 0 saturated heterocycles. The van der Waals surface area contributed by atoms with Gasteiger partial charge in [0.25, 0.3) is 5.91 Å². The number of halogens is 1. The van der Waals surface area contributed by atoms with E-state index in [0.29, 0.717) is 15.2 Å². The molecule has 1 aliphatic rings. The van der Waals surface area contributed by atoms with E-state index in [-0.39, 0.29) is 17.4 Å². The van der Waals surface area contributed by atoms with Crippen molar-refractivity contribution in [2.24, 2.45) is 4.99 Å². The van der Waals surface area contributed by atoms with Crippen molar-refractivity contribution in [3.05, 3.63) is 28.0 Å². The third kappa shape index (κ3) is 6.63. The zero-order valence-corrected chi connectivity index (χ0v) is 19.9. The Morgan fingerprint density at radius 3 is 2.62 bits per heavy atom. The van der Waals surface area contributed by atoms with Gasteiger partial charge < -0.3 is 14.6 Å². The molecular weight excluding hydrogens is 478 g/mol. The molecule has 0 aliphatic heterocycles. The maximum atomic E-state index is 12.4. The molecule has 0 unspecified atom stereocenters. The van der Waals surface area contributed by atoms with Gasteiger partial charge in [0.15, 0.2) is 14.6 Å². The van der Waals surface area contributed by atoms with Crippen molar-refractivity contribution < 1.29 is 27.5 Å². The summed E-state index contributed by atoms with van der Waals surface area (Å²) in [7, 11) is -2.76. The minimum atomic E-state index is -4.00. The van der Waals surface area contributed by atoms with Crippen molar-refractivity contribution in [1.82, 2.24) is 9.88 Å². The highest BCUT2D eigenvalue weighted by molar-refractivity contribution is 7.92. The minimum Gasteiger partial charge on any atom is -0.468 e. The molecule has 0 bridgehead atoms. The largest absolute Gasteiger partial charge is 0.468 e. The summed E-state index contributed by atoms with van der Waals surface area (Å²) >= 11 is 7.11. The molecule has 1 heterocycles. The topological polar surface area (TPSA) is 124 Å². The highest BCUT2D eigenvalue weighted by atomic mass is 35.5. The number of carbonyl (C=O) groups excluding carboxylic acids is 3. The Hall–Kier alpha value is -2.24. The lowest BCUT2D eigenvalue weighted by atomic mass is 9.95. The minimum absolute atomic E-state index is 0.0190. The van der Waals surface area contributed by atoms with E-state index in [9.17, 15) is 22.8 Å². The van der Waals surface area contributed by atoms with Crippen molar-refractivity contribution in [2.45, 2.75) is 44.7 Å². The third-order valence-corrected chi connectivity index (χ3v) is 7.71. The number of esters is 1. The summed E-state index contributed by atoms with van der Waals surface area (Å²) in [6.07, 6.45) is 4.77. The fourth-order valence-electron chi connectivity index (χ4n) is 3.57. The van der Waals surface area contributed by atoms with E-state index < -0.39 is 39.1 Å². The number of rotatable bonds is 7. The Kier molecular flexibility index (Phi) is 8.07. The standard InChI is InChI=1S/C20H24ClN3O6S2/c1-30-19(27)10-24-15-8-7-13(21)9-16(15)31-20(24)23-18(26)12-32(28,29)11-17(25)22-14-5-3-2-4-6-14/h7-9,14H,2-6,10-12H2,1H3,(H,22,25). The van der Waals surface area contributed by atoms with Crippen LogP contribution in [0.4, 0.5) is 0 Å². The Morgan fingerprint density at radius 2 is 1.94 bits per heavy atom. The molecule has 1 N–H and O–H groups in total. The van der Waals surface area contributed by atoms with Crippen LogP contribution in [0, 0.1) is 0 Å². The smallest absolute Gasteiger partial charge is 0.325 e. The molecule has 174 valence electrons. The summed E-state index contributed by atoms with van der Waals surface area (Å²) in [6.45, 7) is -0.208. The summed E-state index contributed by atoms with van der Waals surface area (Å²) in [4.78, 5) is 40.4. The summed E-state index contributed by atoms with van der Waals surface area (Å²) in [6, 6.07) is 4.94. The quantitative estimate of drug-likeness (QED) is 0.577. The molecule has 2 amide bonds. The van der Waals surface area contributed by atoms with Gasteiger partial charge >= 0.3 is 5.97 Å². The monoisotopic (exact) mass is 501 g/mol. The van der Waals surface area contributed by atoms with Crippen LogP contribution >= 0.6 is 22.9 Å². The van der Waals surface area contributed by atoms with Gasteiger partial charge in [-0.15, -0.1) is 0 Å². The maximum Gasteiger partial charge on any atom is 0.325 e. The van der Waals surface area contributed by atoms with Crippen LogP contribution in [-0.4, -0.2) is 55.4 Å². The van der Waals surface area contributed by atoms with Gasteiger partial charge in [-0.3, -0.25) is 14.4 Å². The molecule has 0 radical (unpaired) electrons. The summed E-state index contributed by atoms with van der Waals surface area (Å²) < 4.78 is 31.6. The Bertz CT molecular complexity index is 1200. The van der Waals surface area contributed by atoms with Gasteiger partial charge in [-0.05, 0) is 31.0 Å². The van der Waals surface area contributed by atoms with Crippen LogP contribution in [0.25, 0.3) is 10.2 Å². The fourth-order valence-corrected chi connectivity index (χ4v) is 5.92. The van der Waals surface area contributed by atoms with Crippen LogP contribution in [0.15, 0.2) is 23.2 Å². The highest BCUT2D eigenvalue weighted by Gasteiger charge is 2.23. The summed E-state index contributed by atoms with van der Waals surface area (Å²) in [5.74, 6) is -3.76. The van der Waals surface area contributed by atoms with Gasteiger partial charge in [0, 0.05) is 11.1 Å². The maximum absolute atomic E-state index is 12.4. The number of amides is 2. The molecule has 12 heteroatoms. The van der Waals surface area contributed by atoms with Crippen molar-refractivity contribution in [1.29, 1.82) is 0 Å². The second-order valence-corrected chi connectivity index (χ2v) is 11.1. The van der Waals surface area contributed by atoms with E-state index >= 15 is 0 Å². The zero-order valence-electron chi connectivity index (χ0n) is 17.5. The average molecular weight is 502 g/mol. The van der Waals surface area contributed by atoms with E-state index in [4.69, 9.17) is 16.3 Å². The average Bonchev–Trinajstić information content (AvgIpc) is 3.03. The number of thiazole rings is 1. The first-order valence-corrected chi connectivity index (χ1v) is 13.1. The number of ether oxygens (including phenoxy) is 1. The van der Waals surface area contributed by atoms with Crippen LogP contribution in [0.1, 0.15) is 32.1 Å². The van der Waals surface area contributed by atoms with Gasteiger partial charge in [0.05, 0.1) is 17.3 Å². The molecule has 1 aromatic heterocycles. The lowest BCUT2D eigenvalue weighted by Crippen LogP contribution is -2.40. The normalized spacial score (nSPS) is 15.6. The number of methoxy groups -OCH3 is 1. The number of hydrogen-bond donors (Lipinski definition) is 1. The van der Waals surface area contributed by atoms with Gasteiger partial charge in [0.2, 0.25) is 5.91 Å². The SMILES string of the molecule is COC(=O)Cn1c(=NC(=O)CS(=O)(=O)CC(=O)NC2CCCCC2)sc2cc(Cl)ccc21. The number of hydrogen-bond acceptors (Lipinski definition) is 7. The molecular formula is C20H24ClN3O6S2. The lowest BCUT2D eigenvalue weighted by Gasteiger charge is -2.22. The first kappa shape index (κ1) is 24.4. The second-order valence-electron chi connectivity index (χ2n) is 7.60. The van der Waals surface area contributed by atoms with E-state index in [1.165, 1.54) is 11.7 Å². The number of fused-ring (bicyclic) bond motifs is 1. The van der Waals surface area contributed by atoms with Gasteiger partial charge in [-0.1, -0.05) is 42.2 Å². The molecule has 1 saturated carbocycles. The number of nitrogens with one attached hydrogen (secondary N) is 1. The molecule has 3 rings (SSSR count). The Labute approximate surface area is 194 Å². The van der Waals surface area contributed by atoms with Crippen molar-refractivity contribution in [3.63, 3.8) is 0 Å². The lowest BCUT2D eigenvalue weighted by molar-refractivity contribution is -0.141. The van der Waals surface area contributed by atoms with Crippen LogP contribution in [0.2, 0.25) is 5.02 Å². The number of benzene rings is 1. The van der Waals surface area contributed by atoms with Crippen molar-refractivity contribution >= 4 is 60.8 Å². The van der Waals surface area contributed by atoms with E-state index in [0.717, 1.165) is 43.4 Å². The number of aromatic nitrogens is 1. The fraction of sp³-hybridized carbons (Fsp3) is 0.500. The number of sulfone groups is 1. The predicted octanol–water partition coefficient (Wildman–Crippen LogP) is 1.82. The van der Waals surface area contributed by atoms with E-state index in [1.54, 1.807) is 18.2 Å². The Balaban J connectivity index is 1.77. The van der Waals surface area contributed by atoms with E-state index in [1.807, 2.05) is 0 Å². The van der Waals surface area contributed by atoms with E-state index in [2.05, 4.69) is 10.3 Å². The Morgan fingerprint density at radius 1 is 1.22 bits per heavy atom. The van der Waals surface area contributed by atoms with Crippen molar-refractivity contribution in [3.8, 4) is 0 Å². The predicted molar refractivity (Wildman–Crippen MR) is 121 cm³/mol. The number of nitrogens with zero attached hydrogens (tertiary/aromatic N) is 2. The first-order valence-electron chi connectivity index (χ1n) is 10.1. The summed E-state index contributed by atoms with van der Waals surface area (Å²) in [5.41, 5.74) is 0.603. The van der Waals surface area contributed by atoms with Crippen LogP contribution in [-0.2, 0) is 35.5 Å². The molecule has 32 heavy (non-hydrogen) atoms. The van der Waals surface area contributed by atoms with Gasteiger partial charge in [-0.25, -0.2) is 8.42 Å². The zero-order chi connectivity index (χ0) is 23.3. The molecule has 9 nitrogen and oxygen atoms in total. The summed E-state index contributed by atoms with van der Waals surface area (Å²) in [5, 5.41) is 3.20. The third-order valence-electron chi connectivity index (χ3n) is 5.04. The first-order chi connectivity index (χ1) is 15.2. The molecule has 1 aliphatic carbocycles.